The minimum atomic E-state index is -0.318. The molecule has 102 valence electrons. The van der Waals surface area contributed by atoms with Gasteiger partial charge in [0.15, 0.2) is 0 Å². The topological polar surface area (TPSA) is 55.6 Å². The largest absolute Gasteiger partial charge is 0.465 e. The molecular weight excluding hydrogens is 252 g/mol. The number of carbonyl (C=O) groups is 1. The number of rotatable bonds is 1. The number of hydrazine groups is 1. The van der Waals surface area contributed by atoms with E-state index in [9.17, 15) is 4.79 Å². The molecule has 0 spiro atoms. The molecule has 0 bridgehead atoms. The lowest BCUT2D eigenvalue weighted by Gasteiger charge is -2.19. The van der Waals surface area contributed by atoms with Crippen LogP contribution in [0.25, 0.3) is 0 Å². The van der Waals surface area contributed by atoms with E-state index in [1.165, 1.54) is 7.11 Å². The second kappa shape index (κ2) is 4.98. The summed E-state index contributed by atoms with van der Waals surface area (Å²) in [5.74, 6) is 5.83. The molecule has 3 rings (SSSR count). The fraction of sp³-hybridized carbons (Fsp3) is 0.188. The van der Waals surface area contributed by atoms with Gasteiger partial charge in [0, 0.05) is 0 Å². The molecule has 4 heteroatoms. The van der Waals surface area contributed by atoms with Crippen LogP contribution >= 0.6 is 0 Å². The standard InChI is InChI=1S/C16H16N2O2/c1-20-16(19)13-7-4-6-11-9-12-5-2-3-8-15(12)18(17)10-14(11)13/h2-8H,9-10,17H2,1H3. The highest BCUT2D eigenvalue weighted by Crippen LogP contribution is 2.30. The second-order valence-electron chi connectivity index (χ2n) is 4.87. The number of methoxy groups -OCH3 is 1. The van der Waals surface area contributed by atoms with E-state index in [2.05, 4.69) is 6.07 Å². The van der Waals surface area contributed by atoms with Gasteiger partial charge in [0.2, 0.25) is 0 Å². The summed E-state index contributed by atoms with van der Waals surface area (Å²) in [5, 5.41) is 1.69. The Bertz CT molecular complexity index is 667. The number of esters is 1. The highest BCUT2D eigenvalue weighted by Gasteiger charge is 2.21. The molecule has 0 atom stereocenters. The Hall–Kier alpha value is -2.33. The van der Waals surface area contributed by atoms with E-state index >= 15 is 0 Å². The third-order valence-corrected chi connectivity index (χ3v) is 3.69. The SMILES string of the molecule is COC(=O)c1cccc2c1CN(N)c1ccccc1C2. The minimum absolute atomic E-state index is 0.318. The first kappa shape index (κ1) is 12.7. The van der Waals surface area contributed by atoms with Crippen LogP contribution in [0.15, 0.2) is 42.5 Å². The maximum Gasteiger partial charge on any atom is 0.338 e. The predicted molar refractivity (Wildman–Crippen MR) is 77.4 cm³/mol. The molecular formula is C16H16N2O2. The summed E-state index contributed by atoms with van der Waals surface area (Å²) in [7, 11) is 1.40. The first-order valence-corrected chi connectivity index (χ1v) is 6.50. The van der Waals surface area contributed by atoms with E-state index in [-0.39, 0.29) is 5.97 Å². The summed E-state index contributed by atoms with van der Waals surface area (Å²) in [5.41, 5.74) is 4.81. The van der Waals surface area contributed by atoms with Crippen molar-refractivity contribution in [2.75, 3.05) is 12.1 Å². The van der Waals surface area contributed by atoms with Gasteiger partial charge in [-0.05, 0) is 35.2 Å². The van der Waals surface area contributed by atoms with Gasteiger partial charge in [-0.15, -0.1) is 0 Å². The van der Waals surface area contributed by atoms with Gasteiger partial charge < -0.3 is 9.75 Å². The second-order valence-corrected chi connectivity index (χ2v) is 4.87. The van der Waals surface area contributed by atoms with Crippen molar-refractivity contribution in [3.63, 3.8) is 0 Å². The number of para-hydroxylation sites is 1. The number of hydrogen-bond donors (Lipinski definition) is 1. The number of anilines is 1. The first-order valence-electron chi connectivity index (χ1n) is 6.50. The van der Waals surface area contributed by atoms with Crippen molar-refractivity contribution in [2.45, 2.75) is 13.0 Å². The monoisotopic (exact) mass is 268 g/mol. The van der Waals surface area contributed by atoms with Crippen molar-refractivity contribution in [1.82, 2.24) is 0 Å². The number of nitrogens with two attached hydrogens (primary N) is 1. The minimum Gasteiger partial charge on any atom is -0.465 e. The van der Waals surface area contributed by atoms with Crippen molar-refractivity contribution < 1.29 is 9.53 Å². The molecule has 2 aromatic rings. The maximum absolute atomic E-state index is 11.9. The van der Waals surface area contributed by atoms with Gasteiger partial charge >= 0.3 is 5.97 Å². The van der Waals surface area contributed by atoms with E-state index in [0.29, 0.717) is 12.1 Å². The third-order valence-electron chi connectivity index (χ3n) is 3.69. The van der Waals surface area contributed by atoms with Gasteiger partial charge in [0.05, 0.1) is 24.9 Å². The summed E-state index contributed by atoms with van der Waals surface area (Å²) in [6.45, 7) is 0.498. The molecule has 0 amide bonds. The Kier molecular flexibility index (Phi) is 3.16. The number of nitrogens with zero attached hydrogens (tertiary/aromatic N) is 1. The van der Waals surface area contributed by atoms with E-state index in [0.717, 1.165) is 28.8 Å². The van der Waals surface area contributed by atoms with Crippen LogP contribution in [0.5, 0.6) is 0 Å². The molecule has 0 aliphatic carbocycles. The van der Waals surface area contributed by atoms with Gasteiger partial charge in [-0.25, -0.2) is 10.6 Å². The lowest BCUT2D eigenvalue weighted by Crippen LogP contribution is -2.30. The molecule has 1 aliphatic heterocycles. The normalized spacial score (nSPS) is 13.2. The molecule has 2 N–H and O–H groups in total. The molecule has 0 fully saturated rings. The summed E-state index contributed by atoms with van der Waals surface area (Å²) in [6, 6.07) is 13.7. The summed E-state index contributed by atoms with van der Waals surface area (Å²) < 4.78 is 4.86. The van der Waals surface area contributed by atoms with Crippen molar-refractivity contribution in [3.8, 4) is 0 Å². The Balaban J connectivity index is 2.13. The van der Waals surface area contributed by atoms with Crippen LogP contribution < -0.4 is 10.9 Å². The Morgan fingerprint density at radius 3 is 2.70 bits per heavy atom. The van der Waals surface area contributed by atoms with Gasteiger partial charge in [-0.3, -0.25) is 0 Å². The van der Waals surface area contributed by atoms with E-state index in [1.54, 1.807) is 11.1 Å². The summed E-state index contributed by atoms with van der Waals surface area (Å²) in [4.78, 5) is 11.9. The van der Waals surface area contributed by atoms with Crippen LogP contribution in [0, 0.1) is 0 Å². The van der Waals surface area contributed by atoms with Crippen LogP contribution in [0.3, 0.4) is 0 Å². The van der Waals surface area contributed by atoms with Crippen LogP contribution in [0.1, 0.15) is 27.0 Å². The summed E-state index contributed by atoms with van der Waals surface area (Å²) >= 11 is 0. The molecule has 1 aliphatic rings. The lowest BCUT2D eigenvalue weighted by atomic mass is 9.97. The maximum atomic E-state index is 11.9. The zero-order chi connectivity index (χ0) is 14.1. The van der Waals surface area contributed by atoms with Crippen LogP contribution in [-0.2, 0) is 17.7 Å². The lowest BCUT2D eigenvalue weighted by molar-refractivity contribution is 0.0599. The average Bonchev–Trinajstić information content (AvgIpc) is 2.62. The van der Waals surface area contributed by atoms with Crippen LogP contribution in [0.4, 0.5) is 5.69 Å². The molecule has 0 saturated heterocycles. The zero-order valence-corrected chi connectivity index (χ0v) is 11.3. The number of hydrogen-bond acceptors (Lipinski definition) is 4. The quantitative estimate of drug-likeness (QED) is 0.636. The fourth-order valence-electron chi connectivity index (χ4n) is 2.69. The smallest absolute Gasteiger partial charge is 0.338 e. The Morgan fingerprint density at radius 1 is 1.15 bits per heavy atom. The number of benzene rings is 2. The van der Waals surface area contributed by atoms with Gasteiger partial charge in [0.1, 0.15) is 0 Å². The predicted octanol–water partition coefficient (Wildman–Crippen LogP) is 2.26. The average molecular weight is 268 g/mol. The van der Waals surface area contributed by atoms with Crippen molar-refractivity contribution in [2.24, 2.45) is 5.84 Å². The molecule has 0 radical (unpaired) electrons. The molecule has 2 aromatic carbocycles. The zero-order valence-electron chi connectivity index (χ0n) is 11.3. The third kappa shape index (κ3) is 2.04. The van der Waals surface area contributed by atoms with Gasteiger partial charge in [0.25, 0.3) is 0 Å². The number of ether oxygens (including phenoxy) is 1. The molecule has 0 unspecified atom stereocenters. The van der Waals surface area contributed by atoms with Crippen molar-refractivity contribution in [3.05, 3.63) is 64.7 Å². The first-order chi connectivity index (χ1) is 9.70. The fourth-order valence-corrected chi connectivity index (χ4v) is 2.69. The summed E-state index contributed by atoms with van der Waals surface area (Å²) in [6.07, 6.45) is 0.768. The van der Waals surface area contributed by atoms with Crippen molar-refractivity contribution >= 4 is 11.7 Å². The van der Waals surface area contributed by atoms with Crippen LogP contribution in [-0.4, -0.2) is 13.1 Å². The van der Waals surface area contributed by atoms with Crippen molar-refractivity contribution in [1.29, 1.82) is 0 Å². The van der Waals surface area contributed by atoms with E-state index in [4.69, 9.17) is 10.6 Å². The van der Waals surface area contributed by atoms with E-state index in [1.807, 2.05) is 30.3 Å². The highest BCUT2D eigenvalue weighted by atomic mass is 16.5. The Labute approximate surface area is 117 Å². The van der Waals surface area contributed by atoms with E-state index < -0.39 is 0 Å². The van der Waals surface area contributed by atoms with Gasteiger partial charge in [-0.1, -0.05) is 30.3 Å². The number of carbonyl (C=O) groups excluding carboxylic acids is 1. The molecule has 0 aromatic heterocycles. The highest BCUT2D eigenvalue weighted by molar-refractivity contribution is 5.91. The Morgan fingerprint density at radius 2 is 1.90 bits per heavy atom. The molecule has 0 saturated carbocycles. The molecule has 1 heterocycles. The number of fused-ring (bicyclic) bond motifs is 2. The molecule has 4 nitrogen and oxygen atoms in total. The molecule has 20 heavy (non-hydrogen) atoms. The van der Waals surface area contributed by atoms with Crippen LogP contribution in [0.2, 0.25) is 0 Å². The van der Waals surface area contributed by atoms with Gasteiger partial charge in [-0.2, -0.15) is 0 Å².